The monoisotopic (exact) mass is 257 g/mol. The van der Waals surface area contributed by atoms with Crippen molar-refractivity contribution in [3.05, 3.63) is 0 Å². The minimum Gasteiger partial charge on any atom is -0.375 e. The molecule has 1 heterocycles. The normalized spacial score (nSPS) is 29.6. The van der Waals surface area contributed by atoms with Gasteiger partial charge in [-0.1, -0.05) is 19.8 Å². The highest BCUT2D eigenvalue weighted by Crippen LogP contribution is 2.40. The number of thioether (sulfide) groups is 1. The van der Waals surface area contributed by atoms with E-state index in [0.29, 0.717) is 12.1 Å². The molecule has 100 valence electrons. The lowest BCUT2D eigenvalue weighted by Crippen LogP contribution is -2.48. The minimum absolute atomic E-state index is 0.257. The summed E-state index contributed by atoms with van der Waals surface area (Å²) in [7, 11) is 0. The molecule has 17 heavy (non-hydrogen) atoms. The molecule has 2 rings (SSSR count). The van der Waals surface area contributed by atoms with Gasteiger partial charge in [0, 0.05) is 24.4 Å². The Labute approximate surface area is 110 Å². The summed E-state index contributed by atoms with van der Waals surface area (Å²) >= 11 is 2.03. The second-order valence-electron chi connectivity index (χ2n) is 5.66. The molecule has 0 aromatic carbocycles. The van der Waals surface area contributed by atoms with Gasteiger partial charge in [-0.05, 0) is 38.4 Å². The van der Waals surface area contributed by atoms with Crippen LogP contribution in [-0.4, -0.2) is 35.8 Å². The zero-order chi connectivity index (χ0) is 12.1. The van der Waals surface area contributed by atoms with Crippen molar-refractivity contribution in [1.82, 2.24) is 5.32 Å². The quantitative estimate of drug-likeness (QED) is 0.817. The molecule has 2 fully saturated rings. The van der Waals surface area contributed by atoms with Crippen LogP contribution in [-0.2, 0) is 4.74 Å². The van der Waals surface area contributed by atoms with Crippen LogP contribution in [0.5, 0.6) is 0 Å². The summed E-state index contributed by atoms with van der Waals surface area (Å²) in [5.41, 5.74) is 0.257. The van der Waals surface area contributed by atoms with Crippen LogP contribution in [0, 0.1) is 0 Å². The molecule has 1 saturated carbocycles. The van der Waals surface area contributed by atoms with Crippen LogP contribution >= 0.6 is 11.8 Å². The van der Waals surface area contributed by atoms with Gasteiger partial charge in [-0.2, -0.15) is 11.8 Å². The molecule has 0 amide bonds. The summed E-state index contributed by atoms with van der Waals surface area (Å²) in [4.78, 5) is 0. The molecule has 0 bridgehead atoms. The molecular formula is C14H27NOS. The molecule has 1 aliphatic carbocycles. The summed E-state index contributed by atoms with van der Waals surface area (Å²) in [6.45, 7) is 5.52. The highest BCUT2D eigenvalue weighted by atomic mass is 32.2. The molecular weight excluding hydrogens is 230 g/mol. The van der Waals surface area contributed by atoms with Crippen LogP contribution in [0.2, 0.25) is 0 Å². The van der Waals surface area contributed by atoms with Gasteiger partial charge >= 0.3 is 0 Å². The lowest BCUT2D eigenvalue weighted by atomic mass is 9.88. The first-order valence-electron chi connectivity index (χ1n) is 7.22. The van der Waals surface area contributed by atoms with Crippen LogP contribution in [0.15, 0.2) is 0 Å². The van der Waals surface area contributed by atoms with E-state index < -0.39 is 0 Å². The fourth-order valence-corrected chi connectivity index (χ4v) is 3.97. The van der Waals surface area contributed by atoms with Crippen molar-refractivity contribution in [1.29, 1.82) is 0 Å². The third-order valence-corrected chi connectivity index (χ3v) is 5.24. The Morgan fingerprint density at radius 1 is 1.41 bits per heavy atom. The van der Waals surface area contributed by atoms with E-state index in [1.165, 1.54) is 50.0 Å². The van der Waals surface area contributed by atoms with Gasteiger partial charge in [-0.25, -0.2) is 0 Å². The predicted molar refractivity (Wildman–Crippen MR) is 75.8 cm³/mol. The zero-order valence-corrected chi connectivity index (χ0v) is 12.2. The van der Waals surface area contributed by atoms with Crippen LogP contribution in [0.4, 0.5) is 0 Å². The molecule has 0 aromatic heterocycles. The Balaban J connectivity index is 1.77. The van der Waals surface area contributed by atoms with Crippen molar-refractivity contribution < 1.29 is 4.74 Å². The van der Waals surface area contributed by atoms with E-state index in [-0.39, 0.29) is 5.60 Å². The van der Waals surface area contributed by atoms with E-state index in [4.69, 9.17) is 4.74 Å². The molecule has 0 radical (unpaired) electrons. The summed E-state index contributed by atoms with van der Waals surface area (Å²) in [6, 6.07) is 1.33. The summed E-state index contributed by atoms with van der Waals surface area (Å²) < 4.78 is 6.07. The van der Waals surface area contributed by atoms with E-state index in [9.17, 15) is 0 Å². The third-order valence-electron chi connectivity index (χ3n) is 4.10. The standard InChI is InChI=1S/C14H27NOS/c1-3-17-11-12(2)15-13-6-9-16-14(10-13)7-4-5-8-14/h12-13,15H,3-11H2,1-2H3. The smallest absolute Gasteiger partial charge is 0.0697 e. The highest BCUT2D eigenvalue weighted by molar-refractivity contribution is 7.99. The van der Waals surface area contributed by atoms with Crippen molar-refractivity contribution in [3.8, 4) is 0 Å². The maximum absolute atomic E-state index is 6.07. The van der Waals surface area contributed by atoms with E-state index >= 15 is 0 Å². The number of hydrogen-bond acceptors (Lipinski definition) is 3. The van der Waals surface area contributed by atoms with E-state index in [1.54, 1.807) is 0 Å². The van der Waals surface area contributed by atoms with Crippen molar-refractivity contribution in [2.75, 3.05) is 18.1 Å². The first-order valence-corrected chi connectivity index (χ1v) is 8.37. The van der Waals surface area contributed by atoms with Crippen LogP contribution in [0.1, 0.15) is 52.4 Å². The third kappa shape index (κ3) is 3.87. The highest BCUT2D eigenvalue weighted by Gasteiger charge is 2.39. The predicted octanol–water partition coefficient (Wildman–Crippen LogP) is 3.21. The van der Waals surface area contributed by atoms with Crippen LogP contribution in [0.25, 0.3) is 0 Å². The Kier molecular flexibility index (Phi) is 5.19. The van der Waals surface area contributed by atoms with Crippen molar-refractivity contribution >= 4 is 11.8 Å². The van der Waals surface area contributed by atoms with Gasteiger partial charge in [-0.3, -0.25) is 0 Å². The first kappa shape index (κ1) is 13.7. The number of hydrogen-bond donors (Lipinski definition) is 1. The van der Waals surface area contributed by atoms with Gasteiger partial charge in [0.05, 0.1) is 5.60 Å². The topological polar surface area (TPSA) is 21.3 Å². The average molecular weight is 257 g/mol. The SMILES string of the molecule is CCSCC(C)NC1CCOC2(CCCC2)C1. The van der Waals surface area contributed by atoms with Gasteiger partial charge in [0.1, 0.15) is 0 Å². The van der Waals surface area contributed by atoms with Gasteiger partial charge in [0.2, 0.25) is 0 Å². The fraction of sp³-hybridized carbons (Fsp3) is 1.00. The Hall–Kier alpha value is 0.270. The Morgan fingerprint density at radius 2 is 2.18 bits per heavy atom. The van der Waals surface area contributed by atoms with Crippen molar-refractivity contribution in [3.63, 3.8) is 0 Å². The molecule has 3 heteroatoms. The Morgan fingerprint density at radius 3 is 2.88 bits per heavy atom. The number of rotatable bonds is 5. The number of nitrogens with one attached hydrogen (secondary N) is 1. The molecule has 0 aromatic rings. The molecule has 1 saturated heterocycles. The van der Waals surface area contributed by atoms with E-state index in [2.05, 4.69) is 19.2 Å². The van der Waals surface area contributed by atoms with Gasteiger partial charge in [0.15, 0.2) is 0 Å². The maximum atomic E-state index is 6.07. The lowest BCUT2D eigenvalue weighted by Gasteiger charge is -2.39. The van der Waals surface area contributed by atoms with Crippen molar-refractivity contribution in [2.24, 2.45) is 0 Å². The van der Waals surface area contributed by atoms with Gasteiger partial charge in [0.25, 0.3) is 0 Å². The maximum Gasteiger partial charge on any atom is 0.0697 e. The molecule has 2 aliphatic rings. The van der Waals surface area contributed by atoms with E-state index in [0.717, 1.165) is 6.61 Å². The summed E-state index contributed by atoms with van der Waals surface area (Å²) in [6.07, 6.45) is 7.77. The summed E-state index contributed by atoms with van der Waals surface area (Å²) in [5, 5.41) is 3.80. The van der Waals surface area contributed by atoms with Crippen molar-refractivity contribution in [2.45, 2.75) is 70.1 Å². The van der Waals surface area contributed by atoms with Gasteiger partial charge in [-0.15, -0.1) is 0 Å². The first-order chi connectivity index (χ1) is 8.24. The lowest BCUT2D eigenvalue weighted by molar-refractivity contribution is -0.0842. The molecule has 1 aliphatic heterocycles. The van der Waals surface area contributed by atoms with Gasteiger partial charge < -0.3 is 10.1 Å². The Bertz CT molecular complexity index is 228. The van der Waals surface area contributed by atoms with E-state index in [1.807, 2.05) is 11.8 Å². The van der Waals surface area contributed by atoms with Crippen LogP contribution < -0.4 is 5.32 Å². The largest absolute Gasteiger partial charge is 0.375 e. The molecule has 1 N–H and O–H groups in total. The molecule has 2 unspecified atom stereocenters. The number of ether oxygens (including phenoxy) is 1. The summed E-state index contributed by atoms with van der Waals surface area (Å²) in [5.74, 6) is 2.46. The molecule has 1 spiro atoms. The fourth-order valence-electron chi connectivity index (χ4n) is 3.28. The molecule has 2 atom stereocenters. The average Bonchev–Trinajstić information content (AvgIpc) is 2.74. The zero-order valence-electron chi connectivity index (χ0n) is 11.3. The van der Waals surface area contributed by atoms with Crippen LogP contribution in [0.3, 0.4) is 0 Å². The molecule has 2 nitrogen and oxygen atoms in total. The minimum atomic E-state index is 0.257. The second-order valence-corrected chi connectivity index (χ2v) is 6.97. The second kappa shape index (κ2) is 6.44.